The number of nitrogens with zero attached hydrogens (tertiary/aromatic N) is 1. The summed E-state index contributed by atoms with van der Waals surface area (Å²) in [6, 6.07) is 9.81. The summed E-state index contributed by atoms with van der Waals surface area (Å²) in [5.41, 5.74) is 2.73. The molecule has 0 saturated carbocycles. The summed E-state index contributed by atoms with van der Waals surface area (Å²) in [6.45, 7) is 2.56. The minimum absolute atomic E-state index is 0.0887. The van der Waals surface area contributed by atoms with Crippen molar-refractivity contribution in [1.82, 2.24) is 0 Å². The van der Waals surface area contributed by atoms with E-state index in [2.05, 4.69) is 11.4 Å². The topological polar surface area (TPSA) is 62.1 Å². The molecule has 1 amide bonds. The van der Waals surface area contributed by atoms with Crippen molar-refractivity contribution in [1.29, 1.82) is 5.26 Å². The van der Waals surface area contributed by atoms with Gasteiger partial charge in [-0.15, -0.1) is 11.3 Å². The molecule has 1 aliphatic carbocycles. The summed E-state index contributed by atoms with van der Waals surface area (Å²) in [5, 5.41) is 13.1. The molecule has 1 N–H and O–H groups in total. The van der Waals surface area contributed by atoms with Gasteiger partial charge in [-0.05, 0) is 55.9 Å². The standard InChI is InChI=1S/C19H20N2O2S/c1-2-23-14-9-7-13(8-10-14)11-18(22)21-19-16(12-20)15-5-3-4-6-17(15)24-19/h7-10H,2-6,11H2,1H3,(H,21,22). The Hall–Kier alpha value is -2.32. The summed E-state index contributed by atoms with van der Waals surface area (Å²) < 4.78 is 5.40. The maximum atomic E-state index is 12.3. The molecule has 0 unspecified atom stereocenters. The number of aryl methyl sites for hydroxylation is 1. The van der Waals surface area contributed by atoms with Crippen molar-refractivity contribution < 1.29 is 9.53 Å². The van der Waals surface area contributed by atoms with Crippen molar-refractivity contribution in [3.05, 3.63) is 45.8 Å². The SMILES string of the molecule is CCOc1ccc(CC(=O)Nc2sc3c(c2C#N)CCCC3)cc1. The molecular weight excluding hydrogens is 320 g/mol. The lowest BCUT2D eigenvalue weighted by molar-refractivity contribution is -0.115. The van der Waals surface area contributed by atoms with E-state index >= 15 is 0 Å². The number of thiophene rings is 1. The Morgan fingerprint density at radius 2 is 2.04 bits per heavy atom. The lowest BCUT2D eigenvalue weighted by Crippen LogP contribution is -2.14. The highest BCUT2D eigenvalue weighted by atomic mass is 32.1. The molecule has 5 heteroatoms. The molecule has 1 aliphatic rings. The van der Waals surface area contributed by atoms with Gasteiger partial charge in [0.2, 0.25) is 5.91 Å². The molecule has 0 aliphatic heterocycles. The number of fused-ring (bicyclic) bond motifs is 1. The second-order valence-corrected chi connectivity index (χ2v) is 6.93. The molecule has 1 aromatic heterocycles. The smallest absolute Gasteiger partial charge is 0.229 e. The predicted octanol–water partition coefficient (Wildman–Crippen LogP) is 4.08. The Bertz CT molecular complexity index is 772. The molecule has 4 nitrogen and oxygen atoms in total. The molecule has 0 atom stereocenters. The van der Waals surface area contributed by atoms with E-state index in [0.29, 0.717) is 23.6 Å². The van der Waals surface area contributed by atoms with Gasteiger partial charge in [-0.1, -0.05) is 12.1 Å². The van der Waals surface area contributed by atoms with E-state index in [0.717, 1.165) is 42.6 Å². The summed E-state index contributed by atoms with van der Waals surface area (Å²) >= 11 is 1.56. The fourth-order valence-corrected chi connectivity index (χ4v) is 4.25. The van der Waals surface area contributed by atoms with Crippen LogP contribution in [0.3, 0.4) is 0 Å². The maximum absolute atomic E-state index is 12.3. The number of amides is 1. The van der Waals surface area contributed by atoms with Crippen LogP contribution in [0, 0.1) is 11.3 Å². The number of benzene rings is 1. The number of nitrogens with one attached hydrogen (secondary N) is 1. The van der Waals surface area contributed by atoms with Gasteiger partial charge < -0.3 is 10.1 Å². The first-order valence-electron chi connectivity index (χ1n) is 8.27. The van der Waals surface area contributed by atoms with E-state index in [-0.39, 0.29) is 5.91 Å². The Kier molecular flexibility index (Phi) is 5.17. The third-order valence-electron chi connectivity index (χ3n) is 4.14. The second kappa shape index (κ2) is 7.50. The van der Waals surface area contributed by atoms with Crippen LogP contribution in [0.2, 0.25) is 0 Å². The van der Waals surface area contributed by atoms with Crippen molar-refractivity contribution in [2.75, 3.05) is 11.9 Å². The number of nitriles is 1. The molecule has 0 saturated heterocycles. The number of carbonyl (C=O) groups is 1. The van der Waals surface area contributed by atoms with Crippen molar-refractivity contribution in [2.24, 2.45) is 0 Å². The molecule has 2 aromatic rings. The fraction of sp³-hybridized carbons (Fsp3) is 0.368. The first kappa shape index (κ1) is 16.5. The fourth-order valence-electron chi connectivity index (χ4n) is 3.00. The number of carbonyl (C=O) groups excluding carboxylic acids is 1. The van der Waals surface area contributed by atoms with Crippen molar-refractivity contribution >= 4 is 22.2 Å². The van der Waals surface area contributed by atoms with Gasteiger partial charge >= 0.3 is 0 Å². The van der Waals surface area contributed by atoms with Crippen molar-refractivity contribution in [3.8, 4) is 11.8 Å². The van der Waals surface area contributed by atoms with E-state index in [4.69, 9.17) is 4.74 Å². The average molecular weight is 340 g/mol. The maximum Gasteiger partial charge on any atom is 0.229 e. The molecule has 0 fully saturated rings. The summed E-state index contributed by atoms with van der Waals surface area (Å²) in [7, 11) is 0. The minimum atomic E-state index is -0.0887. The first-order chi connectivity index (χ1) is 11.7. The van der Waals surface area contributed by atoms with E-state index in [1.165, 1.54) is 4.88 Å². The average Bonchev–Trinajstić information content (AvgIpc) is 2.93. The quantitative estimate of drug-likeness (QED) is 0.892. The molecule has 0 spiro atoms. The number of ether oxygens (including phenoxy) is 1. The second-order valence-electron chi connectivity index (χ2n) is 5.83. The van der Waals surface area contributed by atoms with Crippen LogP contribution < -0.4 is 10.1 Å². The lowest BCUT2D eigenvalue weighted by Gasteiger charge is -2.09. The van der Waals surface area contributed by atoms with Crippen molar-refractivity contribution in [3.63, 3.8) is 0 Å². The number of hydrogen-bond donors (Lipinski definition) is 1. The zero-order valence-electron chi connectivity index (χ0n) is 13.7. The third kappa shape index (κ3) is 3.60. The monoisotopic (exact) mass is 340 g/mol. The van der Waals surface area contributed by atoms with Gasteiger partial charge in [0.15, 0.2) is 0 Å². The summed E-state index contributed by atoms with van der Waals surface area (Å²) in [5.74, 6) is 0.716. The largest absolute Gasteiger partial charge is 0.494 e. The molecule has 1 aromatic carbocycles. The summed E-state index contributed by atoms with van der Waals surface area (Å²) in [4.78, 5) is 13.6. The Morgan fingerprint density at radius 1 is 1.29 bits per heavy atom. The van der Waals surface area contributed by atoms with Gasteiger partial charge in [-0.3, -0.25) is 4.79 Å². The first-order valence-corrected chi connectivity index (χ1v) is 9.09. The van der Waals surface area contributed by atoms with Crippen LogP contribution >= 0.6 is 11.3 Å². The third-order valence-corrected chi connectivity index (χ3v) is 5.34. The van der Waals surface area contributed by atoms with Gasteiger partial charge in [-0.25, -0.2) is 0 Å². The highest BCUT2D eigenvalue weighted by molar-refractivity contribution is 7.16. The van der Waals surface area contributed by atoms with Crippen LogP contribution in [0.4, 0.5) is 5.00 Å². The van der Waals surface area contributed by atoms with Gasteiger partial charge in [0, 0.05) is 4.88 Å². The van der Waals surface area contributed by atoms with Gasteiger partial charge in [-0.2, -0.15) is 5.26 Å². The minimum Gasteiger partial charge on any atom is -0.494 e. The van der Waals surface area contributed by atoms with Gasteiger partial charge in [0.1, 0.15) is 16.8 Å². The lowest BCUT2D eigenvalue weighted by atomic mass is 9.96. The van der Waals surface area contributed by atoms with Crippen LogP contribution in [-0.2, 0) is 24.1 Å². The molecule has 0 radical (unpaired) electrons. The Morgan fingerprint density at radius 3 is 2.75 bits per heavy atom. The molecular formula is C19H20N2O2S. The number of rotatable bonds is 5. The van der Waals surface area contributed by atoms with Crippen LogP contribution in [0.15, 0.2) is 24.3 Å². The number of anilines is 1. The van der Waals surface area contributed by atoms with E-state index in [1.54, 1.807) is 11.3 Å². The molecule has 124 valence electrons. The highest BCUT2D eigenvalue weighted by Gasteiger charge is 2.21. The van der Waals surface area contributed by atoms with Crippen molar-refractivity contribution in [2.45, 2.75) is 39.0 Å². The highest BCUT2D eigenvalue weighted by Crippen LogP contribution is 2.37. The summed E-state index contributed by atoms with van der Waals surface area (Å²) in [6.07, 6.45) is 4.54. The van der Waals surface area contributed by atoms with Crippen LogP contribution in [0.1, 0.15) is 41.3 Å². The van der Waals surface area contributed by atoms with E-state index in [9.17, 15) is 10.1 Å². The van der Waals surface area contributed by atoms with Gasteiger partial charge in [0.25, 0.3) is 0 Å². The Balaban J connectivity index is 1.69. The normalized spacial score (nSPS) is 13.0. The van der Waals surface area contributed by atoms with Gasteiger partial charge in [0.05, 0.1) is 18.6 Å². The Labute approximate surface area is 146 Å². The number of hydrogen-bond acceptors (Lipinski definition) is 4. The molecule has 3 rings (SSSR count). The molecule has 24 heavy (non-hydrogen) atoms. The van der Waals surface area contributed by atoms with E-state index in [1.807, 2.05) is 31.2 Å². The van der Waals surface area contributed by atoms with Crippen LogP contribution in [0.5, 0.6) is 5.75 Å². The van der Waals surface area contributed by atoms with E-state index < -0.39 is 0 Å². The van der Waals surface area contributed by atoms with Crippen LogP contribution in [-0.4, -0.2) is 12.5 Å². The van der Waals surface area contributed by atoms with Crippen LogP contribution in [0.25, 0.3) is 0 Å². The predicted molar refractivity (Wildman–Crippen MR) is 95.6 cm³/mol. The zero-order valence-corrected chi connectivity index (χ0v) is 14.5. The molecule has 0 bridgehead atoms. The molecule has 1 heterocycles. The zero-order chi connectivity index (χ0) is 16.9.